The quantitative estimate of drug-likeness (QED) is 0.248. The smallest absolute Gasteiger partial charge is 0.272 e. The minimum Gasteiger partial charge on any atom is -0.496 e. The number of hydrogen-bond acceptors (Lipinski definition) is 7. The van der Waals surface area contributed by atoms with E-state index >= 15 is 0 Å². The number of benzene rings is 2. The van der Waals surface area contributed by atoms with Crippen LogP contribution in [0.4, 0.5) is 5.82 Å². The number of nitrogens with one attached hydrogen (secondary N) is 3. The highest BCUT2D eigenvalue weighted by atomic mass is 35.5. The zero-order valence-corrected chi connectivity index (χ0v) is 21.8. The summed E-state index contributed by atoms with van der Waals surface area (Å²) in [6.07, 6.45) is 1.59. The molecule has 0 aliphatic heterocycles. The van der Waals surface area contributed by atoms with Crippen LogP contribution in [0.3, 0.4) is 0 Å². The molecule has 0 spiro atoms. The maximum atomic E-state index is 13.0. The zero-order chi connectivity index (χ0) is 26.0. The number of nitrogens with zero attached hydrogens (tertiary/aromatic N) is 3. The third kappa shape index (κ3) is 5.31. The van der Waals surface area contributed by atoms with Crippen molar-refractivity contribution < 1.29 is 17.9 Å². The van der Waals surface area contributed by atoms with E-state index in [-0.39, 0.29) is 15.9 Å². The summed E-state index contributed by atoms with van der Waals surface area (Å²) >= 11 is 6.90. The Morgan fingerprint density at radius 2 is 1.95 bits per heavy atom. The summed E-state index contributed by atoms with van der Waals surface area (Å²) in [7, 11) is -2.39. The predicted octanol–water partition coefficient (Wildman–Crippen LogP) is 4.26. The Balaban J connectivity index is 1.43. The van der Waals surface area contributed by atoms with Crippen molar-refractivity contribution in [1.29, 1.82) is 0 Å². The first-order chi connectivity index (χ1) is 17.8. The normalized spacial score (nSPS) is 11.5. The largest absolute Gasteiger partial charge is 0.496 e. The lowest BCUT2D eigenvalue weighted by atomic mass is 10.1. The van der Waals surface area contributed by atoms with Gasteiger partial charge in [-0.1, -0.05) is 41.9 Å². The van der Waals surface area contributed by atoms with Crippen LogP contribution in [-0.2, 0) is 23.1 Å². The monoisotopic (exact) mass is 556 g/mol. The molecular formula is C24H21ClN6O4S2. The molecule has 190 valence electrons. The van der Waals surface area contributed by atoms with Crippen LogP contribution in [0, 0.1) is 0 Å². The van der Waals surface area contributed by atoms with Gasteiger partial charge in [0, 0.05) is 12.7 Å². The predicted molar refractivity (Wildman–Crippen MR) is 142 cm³/mol. The molecule has 0 aliphatic rings. The number of sulfonamides is 1. The minimum atomic E-state index is -3.90. The number of anilines is 1. The summed E-state index contributed by atoms with van der Waals surface area (Å²) in [5.74, 6) is 0.362. The number of fused-ring (bicyclic) bond motifs is 1. The first-order valence-corrected chi connectivity index (χ1v) is 13.7. The van der Waals surface area contributed by atoms with E-state index in [0.717, 1.165) is 22.5 Å². The fourth-order valence-electron chi connectivity index (χ4n) is 3.85. The van der Waals surface area contributed by atoms with Gasteiger partial charge >= 0.3 is 0 Å². The molecule has 1 amide bonds. The Hall–Kier alpha value is -3.87. The molecule has 37 heavy (non-hydrogen) atoms. The van der Waals surface area contributed by atoms with Gasteiger partial charge in [0.1, 0.15) is 15.7 Å². The number of H-pyrrole nitrogens is 1. The molecule has 0 bridgehead atoms. The Bertz CT molecular complexity index is 1680. The third-order valence-corrected chi connectivity index (χ3v) is 8.58. The van der Waals surface area contributed by atoms with E-state index in [1.165, 1.54) is 19.2 Å². The number of methoxy groups -OCH3 is 1. The van der Waals surface area contributed by atoms with E-state index < -0.39 is 10.0 Å². The second-order valence-electron chi connectivity index (χ2n) is 7.99. The summed E-state index contributed by atoms with van der Waals surface area (Å²) in [5, 5.41) is 14.5. The molecule has 10 nitrogen and oxygen atoms in total. The molecule has 3 heterocycles. The van der Waals surface area contributed by atoms with Gasteiger partial charge in [-0.25, -0.2) is 8.42 Å². The number of rotatable bonds is 9. The van der Waals surface area contributed by atoms with Crippen LogP contribution in [0.1, 0.15) is 21.6 Å². The number of aromatic amines is 1. The van der Waals surface area contributed by atoms with Crippen molar-refractivity contribution >= 4 is 55.6 Å². The molecule has 13 heteroatoms. The average Bonchev–Trinajstić information content (AvgIpc) is 3.64. The van der Waals surface area contributed by atoms with Gasteiger partial charge in [-0.3, -0.25) is 19.3 Å². The van der Waals surface area contributed by atoms with Crippen LogP contribution >= 0.6 is 22.9 Å². The molecule has 5 aromatic rings. The van der Waals surface area contributed by atoms with Gasteiger partial charge in [-0.2, -0.15) is 10.2 Å². The van der Waals surface area contributed by atoms with Crippen molar-refractivity contribution in [3.8, 4) is 5.75 Å². The number of ether oxygens (including phenoxy) is 1. The van der Waals surface area contributed by atoms with Crippen LogP contribution in [0.25, 0.3) is 10.9 Å². The van der Waals surface area contributed by atoms with Crippen molar-refractivity contribution in [3.05, 3.63) is 88.0 Å². The van der Waals surface area contributed by atoms with E-state index in [4.69, 9.17) is 16.3 Å². The number of aromatic nitrogens is 4. The third-order valence-electron chi connectivity index (χ3n) is 5.51. The molecule has 0 saturated heterocycles. The molecule has 0 unspecified atom stereocenters. The Kier molecular flexibility index (Phi) is 6.87. The lowest BCUT2D eigenvalue weighted by Crippen LogP contribution is -2.23. The van der Waals surface area contributed by atoms with Crippen molar-refractivity contribution in [2.45, 2.75) is 17.3 Å². The van der Waals surface area contributed by atoms with E-state index in [1.807, 2.05) is 36.4 Å². The van der Waals surface area contributed by atoms with Gasteiger partial charge in [-0.05, 0) is 41.5 Å². The van der Waals surface area contributed by atoms with Crippen LogP contribution in [0.2, 0.25) is 4.34 Å². The molecule has 0 radical (unpaired) electrons. The van der Waals surface area contributed by atoms with Crippen LogP contribution < -0.4 is 14.8 Å². The molecular weight excluding hydrogens is 536 g/mol. The lowest BCUT2D eigenvalue weighted by molar-refractivity contribution is 0.0946. The SMILES string of the molecule is COc1cccc2c1c(NS(=O)(=O)c1ccc(Cl)s1)nn2Cc1cccc(CNC(=O)c2cc[nH]n2)c1. The maximum Gasteiger partial charge on any atom is 0.272 e. The van der Waals surface area contributed by atoms with Crippen molar-refractivity contribution in [2.24, 2.45) is 0 Å². The first-order valence-electron chi connectivity index (χ1n) is 11.0. The fraction of sp³-hybridized carbons (Fsp3) is 0.125. The van der Waals surface area contributed by atoms with Crippen molar-refractivity contribution in [1.82, 2.24) is 25.3 Å². The Labute approximate surface area is 221 Å². The number of carbonyl (C=O) groups excluding carboxylic acids is 1. The number of halogens is 1. The highest BCUT2D eigenvalue weighted by Crippen LogP contribution is 2.35. The summed E-state index contributed by atoms with van der Waals surface area (Å²) in [6, 6.07) is 17.7. The molecule has 3 N–H and O–H groups in total. The second-order valence-corrected chi connectivity index (χ2v) is 11.6. The van der Waals surface area contributed by atoms with Gasteiger partial charge < -0.3 is 10.1 Å². The molecule has 2 aromatic carbocycles. The van der Waals surface area contributed by atoms with Gasteiger partial charge in [0.05, 0.1) is 28.9 Å². The minimum absolute atomic E-state index is 0.0830. The standard InChI is InChI=1S/C24H21ClN6O4S2/c1-35-19-7-3-6-18-22(19)23(30-37(33,34)21-9-8-20(25)36-21)29-31(18)14-16-5-2-4-15(12-16)13-26-24(32)17-10-11-27-28-17/h2-12H,13-14H2,1H3,(H,26,32)(H,27,28)(H,29,30). The number of thiophene rings is 1. The lowest BCUT2D eigenvalue weighted by Gasteiger charge is -2.08. The van der Waals surface area contributed by atoms with Crippen molar-refractivity contribution in [3.63, 3.8) is 0 Å². The number of hydrogen-bond donors (Lipinski definition) is 3. The van der Waals surface area contributed by atoms with Gasteiger partial charge in [-0.15, -0.1) is 11.3 Å². The highest BCUT2D eigenvalue weighted by Gasteiger charge is 2.23. The number of amides is 1. The molecule has 5 rings (SSSR count). The van der Waals surface area contributed by atoms with Gasteiger partial charge in [0.15, 0.2) is 5.82 Å². The molecule has 0 saturated carbocycles. The maximum absolute atomic E-state index is 13.0. The van der Waals surface area contributed by atoms with Gasteiger partial charge in [0.2, 0.25) is 0 Å². The fourth-order valence-corrected chi connectivity index (χ4v) is 6.34. The summed E-state index contributed by atoms with van der Waals surface area (Å²) in [6.45, 7) is 0.680. The Morgan fingerprint density at radius 1 is 1.14 bits per heavy atom. The van der Waals surface area contributed by atoms with E-state index in [2.05, 4.69) is 25.3 Å². The molecule has 0 atom stereocenters. The highest BCUT2D eigenvalue weighted by molar-refractivity contribution is 7.94. The van der Waals surface area contributed by atoms with Crippen LogP contribution in [0.15, 0.2) is 71.1 Å². The Morgan fingerprint density at radius 3 is 2.68 bits per heavy atom. The summed E-state index contributed by atoms with van der Waals surface area (Å²) in [4.78, 5) is 12.2. The summed E-state index contributed by atoms with van der Waals surface area (Å²) in [5.41, 5.74) is 2.82. The van der Waals surface area contributed by atoms with Crippen LogP contribution in [-0.4, -0.2) is 41.4 Å². The molecule has 0 aliphatic carbocycles. The molecule has 0 fully saturated rings. The topological polar surface area (TPSA) is 131 Å². The van der Waals surface area contributed by atoms with E-state index in [9.17, 15) is 13.2 Å². The first kappa shape index (κ1) is 24.8. The second kappa shape index (κ2) is 10.2. The molecule has 3 aromatic heterocycles. The average molecular weight is 557 g/mol. The van der Waals surface area contributed by atoms with Crippen molar-refractivity contribution in [2.75, 3.05) is 11.8 Å². The van der Waals surface area contributed by atoms with Gasteiger partial charge in [0.25, 0.3) is 15.9 Å². The number of carbonyl (C=O) groups is 1. The van der Waals surface area contributed by atoms with E-state index in [0.29, 0.717) is 39.8 Å². The van der Waals surface area contributed by atoms with E-state index in [1.54, 1.807) is 23.0 Å². The van der Waals surface area contributed by atoms with Crippen LogP contribution in [0.5, 0.6) is 5.75 Å². The zero-order valence-electron chi connectivity index (χ0n) is 19.4. The summed E-state index contributed by atoms with van der Waals surface area (Å²) < 4.78 is 36.2.